The van der Waals surface area contributed by atoms with Crippen LogP contribution in [0.15, 0.2) is 77.8 Å². The maximum Gasteiger partial charge on any atom is 0.120 e. The highest BCUT2D eigenvalue weighted by atomic mass is 35.5. The number of rotatable bonds is 5. The summed E-state index contributed by atoms with van der Waals surface area (Å²) in [7, 11) is 0. The van der Waals surface area contributed by atoms with Crippen LogP contribution in [0.4, 0.5) is 0 Å². The van der Waals surface area contributed by atoms with Gasteiger partial charge in [-0.1, -0.05) is 65.7 Å². The average molecular weight is 408 g/mol. The molecule has 3 aromatic rings. The molecule has 140 valence electrons. The first-order chi connectivity index (χ1) is 13.7. The molecule has 0 bridgehead atoms. The van der Waals surface area contributed by atoms with Gasteiger partial charge in [0, 0.05) is 27.7 Å². The van der Waals surface area contributed by atoms with Crippen LogP contribution in [0.2, 0.25) is 10.0 Å². The van der Waals surface area contributed by atoms with Crippen molar-refractivity contribution in [3.8, 4) is 5.75 Å². The Balaban J connectivity index is 1.51. The van der Waals surface area contributed by atoms with E-state index < -0.39 is 0 Å². The summed E-state index contributed by atoms with van der Waals surface area (Å²) in [6.45, 7) is 1.22. The zero-order chi connectivity index (χ0) is 19.3. The Morgan fingerprint density at radius 1 is 0.893 bits per heavy atom. The number of allylic oxidation sites excluding steroid dienone is 1. The zero-order valence-corrected chi connectivity index (χ0v) is 16.8. The fourth-order valence-corrected chi connectivity index (χ4v) is 3.59. The van der Waals surface area contributed by atoms with Crippen LogP contribution in [0.5, 0.6) is 5.75 Å². The SMILES string of the molecule is Clc1ccccc1C=CC1=NCCc2cc(OCc3ccccc3Cl)ccc21. The van der Waals surface area contributed by atoms with Gasteiger partial charge < -0.3 is 4.74 Å². The van der Waals surface area contributed by atoms with E-state index in [-0.39, 0.29) is 0 Å². The standard InChI is InChI=1S/C24H19Cl2NO/c25-22-7-3-1-5-17(22)9-12-24-21-11-10-20(15-18(21)13-14-27-24)28-16-19-6-2-4-8-23(19)26/h1-12,15H,13-14,16H2. The Hall–Kier alpha value is -2.55. The van der Waals surface area contributed by atoms with Crippen molar-refractivity contribution in [2.75, 3.05) is 6.54 Å². The number of hydrogen-bond donors (Lipinski definition) is 0. The van der Waals surface area contributed by atoms with E-state index in [1.807, 2.05) is 66.7 Å². The minimum atomic E-state index is 0.450. The van der Waals surface area contributed by atoms with E-state index in [1.165, 1.54) is 5.56 Å². The summed E-state index contributed by atoms with van der Waals surface area (Å²) >= 11 is 12.5. The van der Waals surface area contributed by atoms with Crippen LogP contribution in [0.1, 0.15) is 22.3 Å². The third-order valence-corrected chi connectivity index (χ3v) is 5.41. The van der Waals surface area contributed by atoms with Crippen LogP contribution in [-0.2, 0) is 13.0 Å². The van der Waals surface area contributed by atoms with Gasteiger partial charge in [0.15, 0.2) is 0 Å². The van der Waals surface area contributed by atoms with Gasteiger partial charge >= 0.3 is 0 Å². The molecule has 3 aromatic carbocycles. The summed E-state index contributed by atoms with van der Waals surface area (Å²) in [6.07, 6.45) is 4.95. The maximum atomic E-state index is 6.24. The van der Waals surface area contributed by atoms with Crippen molar-refractivity contribution in [2.45, 2.75) is 13.0 Å². The summed E-state index contributed by atoms with van der Waals surface area (Å²) < 4.78 is 5.96. The lowest BCUT2D eigenvalue weighted by molar-refractivity contribution is 0.306. The van der Waals surface area contributed by atoms with E-state index in [9.17, 15) is 0 Å². The highest BCUT2D eigenvalue weighted by molar-refractivity contribution is 6.32. The lowest BCUT2D eigenvalue weighted by atomic mass is 9.96. The summed E-state index contributed by atoms with van der Waals surface area (Å²) in [4.78, 5) is 4.68. The summed E-state index contributed by atoms with van der Waals surface area (Å²) in [5, 5.41) is 1.46. The number of halogens is 2. The number of benzene rings is 3. The Kier molecular flexibility index (Phi) is 5.80. The molecule has 0 saturated carbocycles. The van der Waals surface area contributed by atoms with Crippen LogP contribution in [-0.4, -0.2) is 12.3 Å². The van der Waals surface area contributed by atoms with Crippen LogP contribution >= 0.6 is 23.2 Å². The average Bonchev–Trinajstić information content (AvgIpc) is 2.72. The lowest BCUT2D eigenvalue weighted by Gasteiger charge is -2.17. The number of hydrogen-bond acceptors (Lipinski definition) is 2. The number of aliphatic imine (C=N–C) groups is 1. The Bertz CT molecular complexity index is 1060. The number of fused-ring (bicyclic) bond motifs is 1. The molecule has 4 rings (SSSR count). The first kappa shape index (κ1) is 18.8. The van der Waals surface area contributed by atoms with Gasteiger partial charge in [-0.15, -0.1) is 0 Å². The fourth-order valence-electron chi connectivity index (χ4n) is 3.20. The molecule has 0 radical (unpaired) electrons. The van der Waals surface area contributed by atoms with Crippen LogP contribution in [0.3, 0.4) is 0 Å². The molecule has 4 heteroatoms. The molecule has 2 nitrogen and oxygen atoms in total. The molecule has 28 heavy (non-hydrogen) atoms. The van der Waals surface area contributed by atoms with Gasteiger partial charge in [-0.25, -0.2) is 0 Å². The van der Waals surface area contributed by atoms with Gasteiger partial charge in [-0.3, -0.25) is 4.99 Å². The molecule has 0 aromatic heterocycles. The molecule has 0 unspecified atom stereocenters. The van der Waals surface area contributed by atoms with E-state index in [4.69, 9.17) is 27.9 Å². The smallest absolute Gasteiger partial charge is 0.120 e. The molecule has 0 amide bonds. The molecular formula is C24H19Cl2NO. The van der Waals surface area contributed by atoms with Crippen molar-refractivity contribution in [2.24, 2.45) is 4.99 Å². The topological polar surface area (TPSA) is 21.6 Å². The summed E-state index contributed by atoms with van der Waals surface area (Å²) in [5.74, 6) is 0.843. The normalized spacial score (nSPS) is 13.3. The van der Waals surface area contributed by atoms with E-state index in [0.29, 0.717) is 6.61 Å². The second-order valence-corrected chi connectivity index (χ2v) is 7.39. The lowest BCUT2D eigenvalue weighted by Crippen LogP contribution is -2.11. The van der Waals surface area contributed by atoms with Crippen LogP contribution in [0.25, 0.3) is 6.08 Å². The van der Waals surface area contributed by atoms with Gasteiger partial charge in [-0.2, -0.15) is 0 Å². The van der Waals surface area contributed by atoms with E-state index in [1.54, 1.807) is 0 Å². The van der Waals surface area contributed by atoms with Crippen molar-refractivity contribution < 1.29 is 4.74 Å². The number of ether oxygens (including phenoxy) is 1. The first-order valence-electron chi connectivity index (χ1n) is 9.17. The Labute approximate surface area is 175 Å². The minimum Gasteiger partial charge on any atom is -0.489 e. The molecule has 0 aliphatic carbocycles. The highest BCUT2D eigenvalue weighted by Gasteiger charge is 2.13. The first-order valence-corrected chi connectivity index (χ1v) is 9.93. The van der Waals surface area contributed by atoms with Gasteiger partial charge in [0.25, 0.3) is 0 Å². The molecule has 0 fully saturated rings. The van der Waals surface area contributed by atoms with E-state index in [2.05, 4.69) is 17.1 Å². The Morgan fingerprint density at radius 3 is 2.50 bits per heavy atom. The van der Waals surface area contributed by atoms with E-state index in [0.717, 1.165) is 51.2 Å². The monoisotopic (exact) mass is 407 g/mol. The fraction of sp³-hybridized carbons (Fsp3) is 0.125. The molecule has 0 N–H and O–H groups in total. The van der Waals surface area contributed by atoms with Crippen LogP contribution in [0, 0.1) is 0 Å². The van der Waals surface area contributed by atoms with Gasteiger partial charge in [0.1, 0.15) is 12.4 Å². The third-order valence-electron chi connectivity index (χ3n) is 4.69. The van der Waals surface area contributed by atoms with Gasteiger partial charge in [0.2, 0.25) is 0 Å². The second-order valence-electron chi connectivity index (χ2n) is 6.57. The van der Waals surface area contributed by atoms with E-state index >= 15 is 0 Å². The molecule has 0 saturated heterocycles. The molecule has 1 heterocycles. The molecule has 1 aliphatic heterocycles. The Morgan fingerprint density at radius 2 is 1.68 bits per heavy atom. The van der Waals surface area contributed by atoms with Crippen LogP contribution < -0.4 is 4.74 Å². The third kappa shape index (κ3) is 4.30. The van der Waals surface area contributed by atoms with Crippen molar-refractivity contribution in [1.82, 2.24) is 0 Å². The largest absolute Gasteiger partial charge is 0.489 e. The number of nitrogens with zero attached hydrogens (tertiary/aromatic N) is 1. The zero-order valence-electron chi connectivity index (χ0n) is 15.2. The van der Waals surface area contributed by atoms with Crippen molar-refractivity contribution in [1.29, 1.82) is 0 Å². The van der Waals surface area contributed by atoms with Crippen molar-refractivity contribution in [3.63, 3.8) is 0 Å². The second kappa shape index (κ2) is 8.64. The summed E-state index contributed by atoms with van der Waals surface area (Å²) in [6, 6.07) is 21.7. The van der Waals surface area contributed by atoms with Gasteiger partial charge in [-0.05, 0) is 54.0 Å². The van der Waals surface area contributed by atoms with Crippen molar-refractivity contribution in [3.05, 3.63) is 105 Å². The molecule has 0 atom stereocenters. The predicted molar refractivity (Wildman–Crippen MR) is 118 cm³/mol. The predicted octanol–water partition coefficient (Wildman–Crippen LogP) is 6.63. The molecule has 1 aliphatic rings. The quantitative estimate of drug-likeness (QED) is 0.464. The van der Waals surface area contributed by atoms with Crippen molar-refractivity contribution >= 4 is 35.0 Å². The maximum absolute atomic E-state index is 6.24. The minimum absolute atomic E-state index is 0.450. The molecule has 0 spiro atoms. The summed E-state index contributed by atoms with van der Waals surface area (Å²) in [5.41, 5.74) is 5.31. The molecular weight excluding hydrogens is 389 g/mol. The van der Waals surface area contributed by atoms with Gasteiger partial charge in [0.05, 0.1) is 5.71 Å². The highest BCUT2D eigenvalue weighted by Crippen LogP contribution is 2.25.